The SMILES string of the molecule is CC(C)(C)OC(=O)NCC1CCN(C(=O)CCN2C(=O)CCC2=O)CC1. The van der Waals surface area contributed by atoms with Crippen LogP contribution in [0.2, 0.25) is 0 Å². The van der Waals surface area contributed by atoms with Gasteiger partial charge in [0.15, 0.2) is 0 Å². The Hall–Kier alpha value is -2.12. The van der Waals surface area contributed by atoms with E-state index in [0.717, 1.165) is 12.8 Å². The van der Waals surface area contributed by atoms with Gasteiger partial charge < -0.3 is 15.0 Å². The van der Waals surface area contributed by atoms with Crippen LogP contribution in [0.4, 0.5) is 4.79 Å². The first-order valence-electron chi connectivity index (χ1n) is 9.23. The number of imide groups is 1. The van der Waals surface area contributed by atoms with Crippen LogP contribution in [0.5, 0.6) is 0 Å². The van der Waals surface area contributed by atoms with Gasteiger partial charge in [0.1, 0.15) is 5.60 Å². The first kappa shape index (κ1) is 20.2. The van der Waals surface area contributed by atoms with E-state index in [1.165, 1.54) is 4.90 Å². The van der Waals surface area contributed by atoms with Gasteiger partial charge in [0, 0.05) is 45.4 Å². The fourth-order valence-corrected chi connectivity index (χ4v) is 3.17. The van der Waals surface area contributed by atoms with E-state index in [1.54, 1.807) is 4.90 Å². The first-order chi connectivity index (χ1) is 12.2. The largest absolute Gasteiger partial charge is 0.444 e. The number of alkyl carbamates (subject to hydrolysis) is 1. The summed E-state index contributed by atoms with van der Waals surface area (Å²) in [6.07, 6.45) is 1.88. The summed E-state index contributed by atoms with van der Waals surface area (Å²) in [5.74, 6) is -0.0891. The normalized spacial score (nSPS) is 19.0. The number of carbonyl (C=O) groups is 4. The van der Waals surface area contributed by atoms with Crippen LogP contribution >= 0.6 is 0 Å². The second-order valence-electron chi connectivity index (χ2n) is 7.90. The molecule has 0 aliphatic carbocycles. The number of likely N-dealkylation sites (tertiary alicyclic amines) is 2. The highest BCUT2D eigenvalue weighted by Gasteiger charge is 2.30. The van der Waals surface area contributed by atoms with Crippen molar-refractivity contribution in [1.29, 1.82) is 0 Å². The quantitative estimate of drug-likeness (QED) is 0.739. The number of amides is 4. The van der Waals surface area contributed by atoms with Gasteiger partial charge >= 0.3 is 6.09 Å². The summed E-state index contributed by atoms with van der Waals surface area (Å²) in [5.41, 5.74) is -0.516. The van der Waals surface area contributed by atoms with Crippen LogP contribution in [0.25, 0.3) is 0 Å². The molecule has 2 aliphatic heterocycles. The maximum atomic E-state index is 12.3. The van der Waals surface area contributed by atoms with Gasteiger partial charge in [-0.1, -0.05) is 0 Å². The molecule has 2 saturated heterocycles. The minimum atomic E-state index is -0.516. The van der Waals surface area contributed by atoms with E-state index in [1.807, 2.05) is 20.8 Å². The van der Waals surface area contributed by atoms with Crippen LogP contribution in [0.1, 0.15) is 52.9 Å². The molecule has 0 radical (unpaired) electrons. The van der Waals surface area contributed by atoms with Gasteiger partial charge in [-0.3, -0.25) is 19.3 Å². The van der Waals surface area contributed by atoms with Gasteiger partial charge in [0.05, 0.1) is 0 Å². The molecule has 2 fully saturated rings. The predicted octanol–water partition coefficient (Wildman–Crippen LogP) is 1.29. The van der Waals surface area contributed by atoms with Crippen LogP contribution in [0.15, 0.2) is 0 Å². The molecule has 146 valence electrons. The van der Waals surface area contributed by atoms with E-state index in [0.29, 0.717) is 25.6 Å². The number of carbonyl (C=O) groups excluding carboxylic acids is 4. The molecule has 8 heteroatoms. The number of piperidine rings is 1. The average Bonchev–Trinajstić information content (AvgIpc) is 2.88. The molecule has 0 bridgehead atoms. The predicted molar refractivity (Wildman–Crippen MR) is 94.1 cm³/mol. The van der Waals surface area contributed by atoms with Gasteiger partial charge in [0.2, 0.25) is 17.7 Å². The third kappa shape index (κ3) is 6.00. The molecule has 0 aromatic carbocycles. The minimum absolute atomic E-state index is 0.0314. The first-order valence-corrected chi connectivity index (χ1v) is 9.23. The Morgan fingerprint density at radius 2 is 1.69 bits per heavy atom. The van der Waals surface area contributed by atoms with Crippen molar-refractivity contribution in [3.8, 4) is 0 Å². The van der Waals surface area contributed by atoms with E-state index >= 15 is 0 Å². The monoisotopic (exact) mass is 367 g/mol. The Morgan fingerprint density at radius 3 is 2.23 bits per heavy atom. The number of nitrogens with zero attached hydrogens (tertiary/aromatic N) is 2. The molecule has 0 spiro atoms. The van der Waals surface area contributed by atoms with Crippen molar-refractivity contribution >= 4 is 23.8 Å². The Bertz CT molecular complexity index is 546. The molecule has 0 saturated carbocycles. The fourth-order valence-electron chi connectivity index (χ4n) is 3.17. The van der Waals surface area contributed by atoms with Gasteiger partial charge in [-0.15, -0.1) is 0 Å². The lowest BCUT2D eigenvalue weighted by Crippen LogP contribution is -2.43. The minimum Gasteiger partial charge on any atom is -0.444 e. The molecule has 4 amide bonds. The third-order valence-corrected chi connectivity index (χ3v) is 4.61. The Labute approximate surface area is 154 Å². The molecule has 8 nitrogen and oxygen atoms in total. The summed E-state index contributed by atoms with van der Waals surface area (Å²) in [7, 11) is 0. The molecule has 1 N–H and O–H groups in total. The Balaban J connectivity index is 1.66. The maximum Gasteiger partial charge on any atom is 0.407 e. The highest BCUT2D eigenvalue weighted by atomic mass is 16.6. The smallest absolute Gasteiger partial charge is 0.407 e. The molecule has 0 aromatic rings. The van der Waals surface area contributed by atoms with Crippen LogP contribution < -0.4 is 5.32 Å². The van der Waals surface area contributed by atoms with Crippen LogP contribution in [-0.4, -0.2) is 65.4 Å². The highest BCUT2D eigenvalue weighted by Crippen LogP contribution is 2.18. The number of hydrogen-bond acceptors (Lipinski definition) is 5. The maximum absolute atomic E-state index is 12.3. The molecule has 0 atom stereocenters. The van der Waals surface area contributed by atoms with Crippen molar-refractivity contribution in [1.82, 2.24) is 15.1 Å². The molecule has 0 unspecified atom stereocenters. The number of hydrogen-bond donors (Lipinski definition) is 1. The molecule has 2 rings (SSSR count). The van der Waals surface area contributed by atoms with Crippen molar-refractivity contribution in [3.63, 3.8) is 0 Å². The number of nitrogens with one attached hydrogen (secondary N) is 1. The zero-order valence-electron chi connectivity index (χ0n) is 15.9. The van der Waals surface area contributed by atoms with Crippen molar-refractivity contribution in [2.45, 2.75) is 58.5 Å². The van der Waals surface area contributed by atoms with Gasteiger partial charge in [-0.05, 0) is 39.5 Å². The van der Waals surface area contributed by atoms with Gasteiger partial charge in [-0.25, -0.2) is 4.79 Å². The number of ether oxygens (including phenoxy) is 1. The Kier molecular flexibility index (Phi) is 6.61. The standard InChI is InChI=1S/C18H29N3O5/c1-18(2,3)26-17(25)19-12-13-6-9-20(10-7-13)14(22)8-11-21-15(23)4-5-16(21)24/h13H,4-12H2,1-3H3,(H,19,25). The zero-order chi connectivity index (χ0) is 19.3. The van der Waals surface area contributed by atoms with Crippen molar-refractivity contribution in [2.75, 3.05) is 26.2 Å². The lowest BCUT2D eigenvalue weighted by Gasteiger charge is -2.32. The highest BCUT2D eigenvalue weighted by molar-refractivity contribution is 6.02. The molecule has 2 aliphatic rings. The number of rotatable bonds is 5. The molecule has 2 heterocycles. The van der Waals surface area contributed by atoms with E-state index in [4.69, 9.17) is 4.74 Å². The molecular formula is C18H29N3O5. The van der Waals surface area contributed by atoms with Gasteiger partial charge in [-0.2, -0.15) is 0 Å². The summed E-state index contributed by atoms with van der Waals surface area (Å²) in [5, 5.41) is 2.78. The summed E-state index contributed by atoms with van der Waals surface area (Å²) < 4.78 is 5.21. The van der Waals surface area contributed by atoms with Crippen molar-refractivity contribution in [3.05, 3.63) is 0 Å². The Morgan fingerprint density at radius 1 is 1.12 bits per heavy atom. The lowest BCUT2D eigenvalue weighted by atomic mass is 9.96. The van der Waals surface area contributed by atoms with E-state index < -0.39 is 11.7 Å². The molecule has 0 aromatic heterocycles. The topological polar surface area (TPSA) is 96.0 Å². The average molecular weight is 367 g/mol. The fraction of sp³-hybridized carbons (Fsp3) is 0.778. The lowest BCUT2D eigenvalue weighted by molar-refractivity contribution is -0.139. The van der Waals surface area contributed by atoms with E-state index in [9.17, 15) is 19.2 Å². The second kappa shape index (κ2) is 8.51. The summed E-state index contributed by atoms with van der Waals surface area (Å²) in [6, 6.07) is 0. The van der Waals surface area contributed by atoms with Gasteiger partial charge in [0.25, 0.3) is 0 Å². The van der Waals surface area contributed by atoms with Crippen molar-refractivity contribution < 1.29 is 23.9 Å². The van der Waals surface area contributed by atoms with Crippen LogP contribution in [-0.2, 0) is 19.1 Å². The molecular weight excluding hydrogens is 338 g/mol. The summed E-state index contributed by atoms with van der Waals surface area (Å²) >= 11 is 0. The van der Waals surface area contributed by atoms with Crippen molar-refractivity contribution in [2.24, 2.45) is 5.92 Å². The van der Waals surface area contributed by atoms with E-state index in [2.05, 4.69) is 5.32 Å². The van der Waals surface area contributed by atoms with Crippen LogP contribution in [0, 0.1) is 5.92 Å². The van der Waals surface area contributed by atoms with E-state index in [-0.39, 0.29) is 43.5 Å². The third-order valence-electron chi connectivity index (χ3n) is 4.61. The summed E-state index contributed by atoms with van der Waals surface area (Å²) in [6.45, 7) is 7.42. The summed E-state index contributed by atoms with van der Waals surface area (Å²) in [4.78, 5) is 50.1. The van der Waals surface area contributed by atoms with Crippen LogP contribution in [0.3, 0.4) is 0 Å². The zero-order valence-corrected chi connectivity index (χ0v) is 15.9. The second-order valence-corrected chi connectivity index (χ2v) is 7.90. The molecule has 26 heavy (non-hydrogen) atoms.